The number of piperidine rings is 1. The van der Waals surface area contributed by atoms with Gasteiger partial charge < -0.3 is 10.2 Å². The molecular formula is C20H27ClN2O2. The molecule has 0 radical (unpaired) electrons. The lowest BCUT2D eigenvalue weighted by molar-refractivity contribution is -0.135. The van der Waals surface area contributed by atoms with Gasteiger partial charge in [0.15, 0.2) is 0 Å². The van der Waals surface area contributed by atoms with E-state index in [0.717, 1.165) is 37.8 Å². The summed E-state index contributed by atoms with van der Waals surface area (Å²) in [5, 5.41) is 3.87. The maximum atomic E-state index is 12.7. The summed E-state index contributed by atoms with van der Waals surface area (Å²) in [6, 6.07) is 8.10. The predicted molar refractivity (Wildman–Crippen MR) is 99.5 cm³/mol. The first-order valence-corrected chi connectivity index (χ1v) is 9.70. The van der Waals surface area contributed by atoms with Crippen LogP contribution in [0.2, 0.25) is 5.02 Å². The van der Waals surface area contributed by atoms with E-state index in [0.29, 0.717) is 30.3 Å². The molecule has 25 heavy (non-hydrogen) atoms. The predicted octanol–water partition coefficient (Wildman–Crippen LogP) is 3.71. The third-order valence-corrected chi connectivity index (χ3v) is 5.88. The number of rotatable bonds is 5. The average Bonchev–Trinajstić information content (AvgIpc) is 2.96. The van der Waals surface area contributed by atoms with Gasteiger partial charge in [-0.1, -0.05) is 23.7 Å². The fourth-order valence-electron chi connectivity index (χ4n) is 4.13. The van der Waals surface area contributed by atoms with Crippen molar-refractivity contribution in [3.63, 3.8) is 0 Å². The first-order chi connectivity index (χ1) is 12.0. The van der Waals surface area contributed by atoms with Crippen molar-refractivity contribution in [1.29, 1.82) is 0 Å². The summed E-state index contributed by atoms with van der Waals surface area (Å²) < 4.78 is 0. The summed E-state index contributed by atoms with van der Waals surface area (Å²) >= 11 is 5.97. The normalized spacial score (nSPS) is 26.6. The van der Waals surface area contributed by atoms with Crippen LogP contribution in [-0.2, 0) is 16.0 Å². The minimum atomic E-state index is -0.306. The molecule has 0 aliphatic carbocycles. The molecule has 2 fully saturated rings. The summed E-state index contributed by atoms with van der Waals surface area (Å²) in [4.78, 5) is 26.6. The highest BCUT2D eigenvalue weighted by Crippen LogP contribution is 2.31. The van der Waals surface area contributed by atoms with Gasteiger partial charge >= 0.3 is 0 Å². The Morgan fingerprint density at radius 2 is 2.08 bits per heavy atom. The van der Waals surface area contributed by atoms with E-state index in [1.165, 1.54) is 6.42 Å². The number of halogens is 1. The Hall–Kier alpha value is -1.55. The average molecular weight is 363 g/mol. The SMILES string of the molecule is C[C@H]1CCCCN1C(=O)CC[C@]1(Cc2ccc(Cl)cc2)CCC(=O)N1. The Morgan fingerprint density at radius 1 is 1.32 bits per heavy atom. The molecule has 0 spiro atoms. The van der Waals surface area contributed by atoms with Gasteiger partial charge in [0, 0.05) is 36.0 Å². The Balaban J connectivity index is 1.65. The molecule has 5 heteroatoms. The first kappa shape index (κ1) is 18.2. The number of hydrogen-bond acceptors (Lipinski definition) is 2. The van der Waals surface area contributed by atoms with Crippen molar-refractivity contribution in [2.75, 3.05) is 6.54 Å². The Labute approximate surface area is 154 Å². The molecule has 1 aromatic rings. The van der Waals surface area contributed by atoms with E-state index < -0.39 is 0 Å². The fraction of sp³-hybridized carbons (Fsp3) is 0.600. The molecule has 0 bridgehead atoms. The third kappa shape index (κ3) is 4.55. The number of likely N-dealkylation sites (tertiary alicyclic amines) is 1. The smallest absolute Gasteiger partial charge is 0.222 e. The van der Waals surface area contributed by atoms with Crippen LogP contribution in [0.3, 0.4) is 0 Å². The lowest BCUT2D eigenvalue weighted by atomic mass is 9.84. The van der Waals surface area contributed by atoms with E-state index in [4.69, 9.17) is 11.6 Å². The summed E-state index contributed by atoms with van der Waals surface area (Å²) in [6.45, 7) is 3.01. The maximum Gasteiger partial charge on any atom is 0.222 e. The van der Waals surface area contributed by atoms with Crippen LogP contribution in [0, 0.1) is 0 Å². The molecule has 1 aromatic carbocycles. The number of nitrogens with zero attached hydrogens (tertiary/aromatic N) is 1. The molecule has 2 aliphatic rings. The Kier molecular flexibility index (Phi) is 5.67. The van der Waals surface area contributed by atoms with E-state index in [9.17, 15) is 9.59 Å². The molecule has 2 aliphatic heterocycles. The van der Waals surface area contributed by atoms with Gasteiger partial charge in [-0.2, -0.15) is 0 Å². The monoisotopic (exact) mass is 362 g/mol. The molecule has 136 valence electrons. The lowest BCUT2D eigenvalue weighted by Gasteiger charge is -2.35. The van der Waals surface area contributed by atoms with Gasteiger partial charge in [0.25, 0.3) is 0 Å². The van der Waals surface area contributed by atoms with Crippen LogP contribution in [0.1, 0.15) is 57.4 Å². The molecule has 3 rings (SSSR count). The van der Waals surface area contributed by atoms with Crippen molar-refractivity contribution < 1.29 is 9.59 Å². The van der Waals surface area contributed by atoms with Gasteiger partial charge in [0.1, 0.15) is 0 Å². The Bertz CT molecular complexity index is 631. The number of benzene rings is 1. The van der Waals surface area contributed by atoms with Gasteiger partial charge in [-0.15, -0.1) is 0 Å². The largest absolute Gasteiger partial charge is 0.350 e. The molecule has 1 N–H and O–H groups in total. The van der Waals surface area contributed by atoms with Crippen molar-refractivity contribution in [1.82, 2.24) is 10.2 Å². The quantitative estimate of drug-likeness (QED) is 0.867. The van der Waals surface area contributed by atoms with Gasteiger partial charge in [0.05, 0.1) is 0 Å². The molecule has 0 unspecified atom stereocenters. The minimum absolute atomic E-state index is 0.0905. The topological polar surface area (TPSA) is 49.4 Å². The molecule has 4 nitrogen and oxygen atoms in total. The zero-order chi connectivity index (χ0) is 17.9. The van der Waals surface area contributed by atoms with Crippen LogP contribution in [0.5, 0.6) is 0 Å². The van der Waals surface area contributed by atoms with Crippen LogP contribution in [0.15, 0.2) is 24.3 Å². The highest BCUT2D eigenvalue weighted by atomic mass is 35.5. The van der Waals surface area contributed by atoms with E-state index in [2.05, 4.69) is 12.2 Å². The molecule has 2 heterocycles. The molecule has 2 amide bonds. The van der Waals surface area contributed by atoms with Crippen LogP contribution in [0.25, 0.3) is 0 Å². The summed E-state index contributed by atoms with van der Waals surface area (Å²) in [6.07, 6.45) is 6.68. The molecule has 2 saturated heterocycles. The summed E-state index contributed by atoms with van der Waals surface area (Å²) in [5.41, 5.74) is 0.838. The summed E-state index contributed by atoms with van der Waals surface area (Å²) in [5.74, 6) is 0.316. The van der Waals surface area contributed by atoms with Crippen molar-refractivity contribution >= 4 is 23.4 Å². The maximum absolute atomic E-state index is 12.7. The molecule has 0 saturated carbocycles. The number of carbonyl (C=O) groups is 2. The van der Waals surface area contributed by atoms with Gasteiger partial charge in [0.2, 0.25) is 11.8 Å². The van der Waals surface area contributed by atoms with Crippen LogP contribution >= 0.6 is 11.6 Å². The van der Waals surface area contributed by atoms with Crippen LogP contribution in [-0.4, -0.2) is 34.8 Å². The second kappa shape index (κ2) is 7.77. The summed E-state index contributed by atoms with van der Waals surface area (Å²) in [7, 11) is 0. The molecule has 2 atom stereocenters. The van der Waals surface area contributed by atoms with Crippen molar-refractivity contribution in [3.05, 3.63) is 34.9 Å². The van der Waals surface area contributed by atoms with Gasteiger partial charge in [-0.05, 0) is 63.1 Å². The van der Waals surface area contributed by atoms with Crippen molar-refractivity contribution in [2.45, 2.75) is 69.9 Å². The lowest BCUT2D eigenvalue weighted by Crippen LogP contribution is -2.46. The second-order valence-electron chi connectivity index (χ2n) is 7.56. The number of nitrogens with one attached hydrogen (secondary N) is 1. The van der Waals surface area contributed by atoms with Crippen LogP contribution < -0.4 is 5.32 Å². The van der Waals surface area contributed by atoms with E-state index >= 15 is 0 Å². The van der Waals surface area contributed by atoms with Crippen LogP contribution in [0.4, 0.5) is 0 Å². The van der Waals surface area contributed by atoms with Crippen molar-refractivity contribution in [3.8, 4) is 0 Å². The molecular weight excluding hydrogens is 336 g/mol. The first-order valence-electron chi connectivity index (χ1n) is 9.32. The minimum Gasteiger partial charge on any atom is -0.350 e. The second-order valence-corrected chi connectivity index (χ2v) is 8.00. The van der Waals surface area contributed by atoms with E-state index in [1.54, 1.807) is 0 Å². The van der Waals surface area contributed by atoms with E-state index in [-0.39, 0.29) is 17.4 Å². The highest BCUT2D eigenvalue weighted by Gasteiger charge is 2.38. The Morgan fingerprint density at radius 3 is 2.72 bits per heavy atom. The van der Waals surface area contributed by atoms with Crippen molar-refractivity contribution in [2.24, 2.45) is 0 Å². The fourth-order valence-corrected chi connectivity index (χ4v) is 4.26. The molecule has 0 aromatic heterocycles. The standard InChI is InChI=1S/C20H27ClN2O2/c1-15-4-2-3-13-23(15)19(25)10-12-20(11-9-18(24)22-20)14-16-5-7-17(21)8-6-16/h5-8,15H,2-4,9-14H2,1H3,(H,22,24)/t15-,20-/m0/s1. The zero-order valence-corrected chi connectivity index (χ0v) is 15.6. The highest BCUT2D eigenvalue weighted by molar-refractivity contribution is 6.30. The van der Waals surface area contributed by atoms with Gasteiger partial charge in [-0.25, -0.2) is 0 Å². The number of hydrogen-bond donors (Lipinski definition) is 1. The van der Waals surface area contributed by atoms with Gasteiger partial charge in [-0.3, -0.25) is 9.59 Å². The number of amides is 2. The van der Waals surface area contributed by atoms with E-state index in [1.807, 2.05) is 29.2 Å². The number of carbonyl (C=O) groups excluding carboxylic acids is 2. The zero-order valence-electron chi connectivity index (χ0n) is 14.9. The third-order valence-electron chi connectivity index (χ3n) is 5.63.